The fourth-order valence-electron chi connectivity index (χ4n) is 3.12. The lowest BCUT2D eigenvalue weighted by Gasteiger charge is -2.10. The zero-order valence-electron chi connectivity index (χ0n) is 15.5. The van der Waals surface area contributed by atoms with Gasteiger partial charge in [-0.05, 0) is 61.4 Å². The predicted octanol–water partition coefficient (Wildman–Crippen LogP) is 4.16. The topological polar surface area (TPSA) is 60.5 Å². The molecule has 1 aromatic heterocycles. The van der Waals surface area contributed by atoms with Crippen LogP contribution in [0.25, 0.3) is 0 Å². The maximum atomic E-state index is 14.3. The number of carbonyl (C=O) groups excluding carboxylic acids is 1. The third kappa shape index (κ3) is 5.67. The van der Waals surface area contributed by atoms with Crippen LogP contribution in [0.15, 0.2) is 42.6 Å². The van der Waals surface area contributed by atoms with Crippen molar-refractivity contribution in [3.8, 4) is 5.75 Å². The highest BCUT2D eigenvalue weighted by Gasteiger charge is 2.40. The molecule has 0 saturated heterocycles. The van der Waals surface area contributed by atoms with Gasteiger partial charge in [0.15, 0.2) is 11.6 Å². The molecule has 1 heterocycles. The SMILES string of the molecule is CCOC(=O)CC1CC1c1ccc(OCCCNc2ccccn2)c(F)c1. The highest BCUT2D eigenvalue weighted by atomic mass is 19.1. The Balaban J connectivity index is 1.40. The predicted molar refractivity (Wildman–Crippen MR) is 101 cm³/mol. The molecule has 0 aliphatic heterocycles. The summed E-state index contributed by atoms with van der Waals surface area (Å²) in [6.45, 7) is 3.32. The van der Waals surface area contributed by atoms with Crippen molar-refractivity contribution in [1.82, 2.24) is 4.98 Å². The number of benzene rings is 1. The second-order valence-electron chi connectivity index (χ2n) is 6.65. The molecule has 1 aliphatic rings. The summed E-state index contributed by atoms with van der Waals surface area (Å²) in [4.78, 5) is 15.7. The molecule has 2 aromatic rings. The summed E-state index contributed by atoms with van der Waals surface area (Å²) in [7, 11) is 0. The number of ether oxygens (including phenoxy) is 2. The summed E-state index contributed by atoms with van der Waals surface area (Å²) in [5.41, 5.74) is 0.922. The van der Waals surface area contributed by atoms with Gasteiger partial charge in [-0.3, -0.25) is 4.79 Å². The number of nitrogens with one attached hydrogen (secondary N) is 1. The van der Waals surface area contributed by atoms with Crippen LogP contribution in [0.4, 0.5) is 10.2 Å². The first-order chi connectivity index (χ1) is 13.2. The van der Waals surface area contributed by atoms with Crippen LogP contribution < -0.4 is 10.1 Å². The summed E-state index contributed by atoms with van der Waals surface area (Å²) in [6.07, 6.45) is 3.77. The average Bonchev–Trinajstić information content (AvgIpc) is 3.42. The molecule has 3 rings (SSSR count). The number of hydrogen-bond acceptors (Lipinski definition) is 5. The van der Waals surface area contributed by atoms with E-state index >= 15 is 0 Å². The second kappa shape index (κ2) is 9.35. The van der Waals surface area contributed by atoms with Gasteiger partial charge in [0.05, 0.1) is 13.2 Å². The largest absolute Gasteiger partial charge is 0.490 e. The van der Waals surface area contributed by atoms with Gasteiger partial charge < -0.3 is 14.8 Å². The molecule has 6 heteroatoms. The molecule has 1 N–H and O–H groups in total. The molecule has 0 spiro atoms. The molecule has 0 amide bonds. The summed E-state index contributed by atoms with van der Waals surface area (Å²) in [6, 6.07) is 10.8. The number of anilines is 1. The van der Waals surface area contributed by atoms with Crippen molar-refractivity contribution in [2.24, 2.45) is 5.92 Å². The molecule has 1 fully saturated rings. The normalized spacial score (nSPS) is 18.0. The summed E-state index contributed by atoms with van der Waals surface area (Å²) in [5, 5.41) is 3.18. The standard InChI is InChI=1S/C21H25FN2O3/c1-2-26-21(25)14-16-12-17(16)15-7-8-19(18(22)13-15)27-11-5-10-24-20-6-3-4-9-23-20/h3-4,6-9,13,16-17H,2,5,10-12,14H2,1H3,(H,23,24). The molecule has 1 saturated carbocycles. The van der Waals surface area contributed by atoms with E-state index in [1.165, 1.54) is 6.07 Å². The number of nitrogens with zero attached hydrogens (tertiary/aromatic N) is 1. The van der Waals surface area contributed by atoms with Crippen LogP contribution in [0.1, 0.15) is 37.7 Å². The zero-order valence-corrected chi connectivity index (χ0v) is 15.5. The van der Waals surface area contributed by atoms with E-state index in [1.807, 2.05) is 24.3 Å². The van der Waals surface area contributed by atoms with Gasteiger partial charge in [0.25, 0.3) is 0 Å². The van der Waals surface area contributed by atoms with Crippen molar-refractivity contribution in [2.45, 2.75) is 32.1 Å². The van der Waals surface area contributed by atoms with Crippen LogP contribution in [-0.2, 0) is 9.53 Å². The fraction of sp³-hybridized carbons (Fsp3) is 0.429. The number of aromatic nitrogens is 1. The van der Waals surface area contributed by atoms with Gasteiger partial charge >= 0.3 is 5.97 Å². The van der Waals surface area contributed by atoms with Gasteiger partial charge in [-0.2, -0.15) is 0 Å². The van der Waals surface area contributed by atoms with Gasteiger partial charge in [-0.15, -0.1) is 0 Å². The van der Waals surface area contributed by atoms with E-state index in [2.05, 4.69) is 10.3 Å². The number of hydrogen-bond donors (Lipinski definition) is 1. The summed E-state index contributed by atoms with van der Waals surface area (Å²) in [5.74, 6) is 1.04. The molecule has 2 atom stereocenters. The van der Waals surface area contributed by atoms with Crippen molar-refractivity contribution in [1.29, 1.82) is 0 Å². The van der Waals surface area contributed by atoms with E-state index < -0.39 is 0 Å². The third-order valence-electron chi connectivity index (χ3n) is 4.59. The third-order valence-corrected chi connectivity index (χ3v) is 4.59. The summed E-state index contributed by atoms with van der Waals surface area (Å²) < 4.78 is 24.8. The van der Waals surface area contributed by atoms with Crippen molar-refractivity contribution in [3.05, 3.63) is 54.0 Å². The smallest absolute Gasteiger partial charge is 0.306 e. The van der Waals surface area contributed by atoms with E-state index in [1.54, 1.807) is 19.2 Å². The van der Waals surface area contributed by atoms with E-state index in [4.69, 9.17) is 9.47 Å². The van der Waals surface area contributed by atoms with Crippen molar-refractivity contribution in [2.75, 3.05) is 25.1 Å². The van der Waals surface area contributed by atoms with Crippen LogP contribution >= 0.6 is 0 Å². The Morgan fingerprint density at radius 3 is 2.96 bits per heavy atom. The van der Waals surface area contributed by atoms with Gasteiger partial charge in [-0.25, -0.2) is 9.37 Å². The van der Waals surface area contributed by atoms with E-state index in [9.17, 15) is 9.18 Å². The quantitative estimate of drug-likeness (QED) is 0.501. The molecule has 0 radical (unpaired) electrons. The van der Waals surface area contributed by atoms with Crippen LogP contribution in [0.2, 0.25) is 0 Å². The number of carbonyl (C=O) groups is 1. The number of halogens is 1. The Morgan fingerprint density at radius 1 is 1.33 bits per heavy atom. The Bertz CT molecular complexity index is 754. The lowest BCUT2D eigenvalue weighted by molar-refractivity contribution is -0.143. The Labute approximate surface area is 158 Å². The van der Waals surface area contributed by atoms with Crippen LogP contribution in [0.5, 0.6) is 5.75 Å². The molecule has 0 bridgehead atoms. The first-order valence-corrected chi connectivity index (χ1v) is 9.40. The number of rotatable bonds is 10. The number of esters is 1. The minimum absolute atomic E-state index is 0.176. The van der Waals surface area contributed by atoms with E-state index in [0.29, 0.717) is 26.2 Å². The Kier molecular flexibility index (Phi) is 6.63. The molecule has 1 aliphatic carbocycles. The summed E-state index contributed by atoms with van der Waals surface area (Å²) >= 11 is 0. The second-order valence-corrected chi connectivity index (χ2v) is 6.65. The van der Waals surface area contributed by atoms with Crippen LogP contribution in [-0.4, -0.2) is 30.7 Å². The number of pyridine rings is 1. The van der Waals surface area contributed by atoms with Crippen molar-refractivity contribution in [3.63, 3.8) is 0 Å². The van der Waals surface area contributed by atoms with E-state index in [-0.39, 0.29) is 29.4 Å². The monoisotopic (exact) mass is 372 g/mol. The highest BCUT2D eigenvalue weighted by Crippen LogP contribution is 2.50. The van der Waals surface area contributed by atoms with Gasteiger partial charge in [0, 0.05) is 19.2 Å². The first kappa shape index (κ1) is 19.1. The zero-order chi connectivity index (χ0) is 19.1. The van der Waals surface area contributed by atoms with E-state index in [0.717, 1.165) is 24.2 Å². The first-order valence-electron chi connectivity index (χ1n) is 9.40. The van der Waals surface area contributed by atoms with Gasteiger partial charge in [-0.1, -0.05) is 12.1 Å². The van der Waals surface area contributed by atoms with Crippen LogP contribution in [0.3, 0.4) is 0 Å². The maximum absolute atomic E-state index is 14.3. The molecular weight excluding hydrogens is 347 g/mol. The Morgan fingerprint density at radius 2 is 2.22 bits per heavy atom. The molecule has 2 unspecified atom stereocenters. The average molecular weight is 372 g/mol. The highest BCUT2D eigenvalue weighted by molar-refractivity contribution is 5.70. The minimum Gasteiger partial charge on any atom is -0.490 e. The fourth-order valence-corrected chi connectivity index (χ4v) is 3.12. The minimum atomic E-state index is -0.355. The van der Waals surface area contributed by atoms with Crippen molar-refractivity contribution >= 4 is 11.8 Å². The molecule has 5 nitrogen and oxygen atoms in total. The van der Waals surface area contributed by atoms with Crippen LogP contribution in [0, 0.1) is 11.7 Å². The molecule has 1 aromatic carbocycles. The lowest BCUT2D eigenvalue weighted by atomic mass is 10.1. The molecular formula is C21H25FN2O3. The van der Waals surface area contributed by atoms with Crippen molar-refractivity contribution < 1.29 is 18.7 Å². The van der Waals surface area contributed by atoms with Gasteiger partial charge in [0.1, 0.15) is 5.82 Å². The Hall–Kier alpha value is -2.63. The van der Waals surface area contributed by atoms with Gasteiger partial charge in [0.2, 0.25) is 0 Å². The molecule has 144 valence electrons. The maximum Gasteiger partial charge on any atom is 0.306 e. The lowest BCUT2D eigenvalue weighted by Crippen LogP contribution is -2.08. The molecule has 27 heavy (non-hydrogen) atoms.